The summed E-state index contributed by atoms with van der Waals surface area (Å²) in [5, 5.41) is 1.94. The average Bonchev–Trinajstić information content (AvgIpc) is 2.04. The van der Waals surface area contributed by atoms with Crippen LogP contribution in [0.5, 0.6) is 0 Å². The van der Waals surface area contributed by atoms with E-state index in [1.54, 1.807) is 0 Å². The van der Waals surface area contributed by atoms with E-state index in [1.807, 2.05) is 0 Å². The van der Waals surface area contributed by atoms with Gasteiger partial charge in [0.05, 0.1) is 23.8 Å². The molecule has 0 aliphatic heterocycles. The van der Waals surface area contributed by atoms with E-state index in [9.17, 15) is 0 Å². The normalized spacial score (nSPS) is 12.1. The second-order valence-corrected chi connectivity index (χ2v) is 9.72. The van der Waals surface area contributed by atoms with Gasteiger partial charge >= 0.3 is 0 Å². The molecule has 0 spiro atoms. The van der Waals surface area contributed by atoms with Gasteiger partial charge in [0.2, 0.25) is 0 Å². The first-order valence-electron chi connectivity index (χ1n) is 4.75. The van der Waals surface area contributed by atoms with Gasteiger partial charge in [0.25, 0.3) is 0 Å². The monoisotopic (exact) mass is 323 g/mol. The standard InChI is InChI=1S/C12H20P.HI/c1-12(2,3)13(4,5)11-9-7-6-8-10-11;/h6-10H,1-5H3;1H/q+1;. The van der Waals surface area contributed by atoms with E-state index in [4.69, 9.17) is 0 Å². The Bertz CT molecular complexity index is 272. The molecular formula is C12H21IP+. The smallest absolute Gasteiger partial charge is 0.0939 e. The van der Waals surface area contributed by atoms with Gasteiger partial charge in [0, 0.05) is 7.26 Å². The van der Waals surface area contributed by atoms with Crippen LogP contribution < -0.4 is 5.30 Å². The highest BCUT2D eigenvalue weighted by atomic mass is 127. The molecule has 0 aliphatic carbocycles. The minimum Gasteiger partial charge on any atom is -0.107 e. The molecule has 0 bridgehead atoms. The topological polar surface area (TPSA) is 0 Å². The fourth-order valence-corrected chi connectivity index (χ4v) is 2.88. The summed E-state index contributed by atoms with van der Waals surface area (Å²) in [6.07, 6.45) is 0. The lowest BCUT2D eigenvalue weighted by atomic mass is 10.3. The Hall–Kier alpha value is 0.380. The summed E-state index contributed by atoms with van der Waals surface area (Å²) in [5.74, 6) is 0. The molecule has 80 valence electrons. The van der Waals surface area contributed by atoms with Crippen LogP contribution >= 0.6 is 31.2 Å². The number of hydrogen-bond acceptors (Lipinski definition) is 0. The molecule has 0 atom stereocenters. The third-order valence-corrected chi connectivity index (χ3v) is 8.02. The average molecular weight is 323 g/mol. The highest BCUT2D eigenvalue weighted by Crippen LogP contribution is 2.61. The van der Waals surface area contributed by atoms with E-state index < -0.39 is 7.26 Å². The zero-order chi connectivity index (χ0) is 10.1. The highest BCUT2D eigenvalue weighted by molar-refractivity contribution is 14.0. The van der Waals surface area contributed by atoms with Crippen LogP contribution in [0, 0.1) is 0 Å². The van der Waals surface area contributed by atoms with Crippen LogP contribution in [0.25, 0.3) is 0 Å². The van der Waals surface area contributed by atoms with Crippen molar-refractivity contribution >= 4 is 36.5 Å². The van der Waals surface area contributed by atoms with Crippen molar-refractivity contribution < 1.29 is 0 Å². The molecule has 1 aromatic carbocycles. The van der Waals surface area contributed by atoms with Gasteiger partial charge in [-0.2, -0.15) is 0 Å². The molecular weight excluding hydrogens is 302 g/mol. The molecule has 0 nitrogen and oxygen atoms in total. The summed E-state index contributed by atoms with van der Waals surface area (Å²) in [7, 11) is -0.979. The second kappa shape index (κ2) is 4.94. The van der Waals surface area contributed by atoms with Crippen LogP contribution in [-0.2, 0) is 0 Å². The van der Waals surface area contributed by atoms with Crippen molar-refractivity contribution in [3.8, 4) is 0 Å². The second-order valence-electron chi connectivity index (χ2n) is 4.96. The number of benzene rings is 1. The van der Waals surface area contributed by atoms with E-state index in [0.717, 1.165) is 0 Å². The van der Waals surface area contributed by atoms with Crippen molar-refractivity contribution in [2.24, 2.45) is 0 Å². The Balaban J connectivity index is 0.00000169. The number of rotatable bonds is 1. The Morgan fingerprint density at radius 1 is 0.929 bits per heavy atom. The van der Waals surface area contributed by atoms with Gasteiger partial charge in [-0.1, -0.05) is 18.2 Å². The van der Waals surface area contributed by atoms with E-state index in [2.05, 4.69) is 64.4 Å². The summed E-state index contributed by atoms with van der Waals surface area (Å²) >= 11 is 0. The Labute approximate surface area is 106 Å². The Kier molecular flexibility index (Phi) is 5.07. The molecule has 0 unspecified atom stereocenters. The number of hydrogen-bond donors (Lipinski definition) is 0. The van der Waals surface area contributed by atoms with Crippen LogP contribution in [-0.4, -0.2) is 18.5 Å². The van der Waals surface area contributed by atoms with E-state index in [-0.39, 0.29) is 24.0 Å². The highest BCUT2D eigenvalue weighted by Gasteiger charge is 2.41. The molecule has 0 aromatic heterocycles. The first kappa shape index (κ1) is 14.4. The van der Waals surface area contributed by atoms with Gasteiger partial charge in [0.1, 0.15) is 0 Å². The maximum atomic E-state index is 2.42. The van der Waals surface area contributed by atoms with Gasteiger partial charge in [-0.05, 0) is 32.9 Å². The fourth-order valence-electron chi connectivity index (χ4n) is 1.19. The minimum absolute atomic E-state index is 0. The molecule has 1 aromatic rings. The first-order chi connectivity index (χ1) is 5.86. The molecule has 14 heavy (non-hydrogen) atoms. The van der Waals surface area contributed by atoms with Crippen molar-refractivity contribution in [2.75, 3.05) is 13.3 Å². The van der Waals surface area contributed by atoms with Crippen LogP contribution in [0.15, 0.2) is 30.3 Å². The van der Waals surface area contributed by atoms with E-state index in [1.165, 1.54) is 5.30 Å². The molecule has 2 heteroatoms. The molecule has 0 amide bonds. The van der Waals surface area contributed by atoms with Gasteiger partial charge < -0.3 is 0 Å². The summed E-state index contributed by atoms with van der Waals surface area (Å²) in [4.78, 5) is 0. The van der Waals surface area contributed by atoms with E-state index >= 15 is 0 Å². The van der Waals surface area contributed by atoms with E-state index in [0.29, 0.717) is 5.16 Å². The van der Waals surface area contributed by atoms with Gasteiger partial charge in [0.15, 0.2) is 0 Å². The maximum Gasteiger partial charge on any atom is 0.0939 e. The van der Waals surface area contributed by atoms with Crippen LogP contribution in [0.2, 0.25) is 0 Å². The quantitative estimate of drug-likeness (QED) is 0.541. The lowest BCUT2D eigenvalue weighted by Gasteiger charge is -2.31. The van der Waals surface area contributed by atoms with Crippen LogP contribution in [0.3, 0.4) is 0 Å². The predicted octanol–water partition coefficient (Wildman–Crippen LogP) is 4.01. The summed E-state index contributed by atoms with van der Waals surface area (Å²) < 4.78 is 0. The van der Waals surface area contributed by atoms with Crippen molar-refractivity contribution in [3.63, 3.8) is 0 Å². The van der Waals surface area contributed by atoms with Crippen molar-refractivity contribution in [2.45, 2.75) is 25.9 Å². The summed E-state index contributed by atoms with van der Waals surface area (Å²) in [6.45, 7) is 11.9. The van der Waals surface area contributed by atoms with Crippen molar-refractivity contribution in [1.82, 2.24) is 0 Å². The molecule has 0 fully saturated rings. The van der Waals surface area contributed by atoms with Crippen molar-refractivity contribution in [3.05, 3.63) is 30.3 Å². The summed E-state index contributed by atoms with van der Waals surface area (Å²) in [6, 6.07) is 10.9. The lowest BCUT2D eigenvalue weighted by Crippen LogP contribution is -2.26. The molecule has 1 rings (SSSR count). The molecule has 0 saturated heterocycles. The first-order valence-corrected chi connectivity index (χ1v) is 7.44. The lowest BCUT2D eigenvalue weighted by molar-refractivity contribution is 0.781. The molecule has 0 heterocycles. The third-order valence-electron chi connectivity index (χ3n) is 3.08. The van der Waals surface area contributed by atoms with Gasteiger partial charge in [-0.3, -0.25) is 0 Å². The minimum atomic E-state index is -0.979. The van der Waals surface area contributed by atoms with Crippen molar-refractivity contribution in [1.29, 1.82) is 0 Å². The molecule has 0 aliphatic rings. The SMILES string of the molecule is CC(C)(C)[P+](C)(C)c1ccccc1.I. The van der Waals surface area contributed by atoms with Gasteiger partial charge in [-0.25, -0.2) is 0 Å². The largest absolute Gasteiger partial charge is 0.107 e. The number of halogens is 1. The molecule has 0 saturated carbocycles. The molecule has 0 N–H and O–H groups in total. The zero-order valence-electron chi connectivity index (χ0n) is 9.74. The summed E-state index contributed by atoms with van der Waals surface area (Å²) in [5.41, 5.74) is 0. The maximum absolute atomic E-state index is 2.42. The Morgan fingerprint density at radius 2 is 1.36 bits per heavy atom. The van der Waals surface area contributed by atoms with Crippen LogP contribution in [0.4, 0.5) is 0 Å². The fraction of sp³-hybridized carbons (Fsp3) is 0.500. The van der Waals surface area contributed by atoms with Crippen LogP contribution in [0.1, 0.15) is 20.8 Å². The third kappa shape index (κ3) is 2.93. The molecule has 0 radical (unpaired) electrons. The zero-order valence-corrected chi connectivity index (χ0v) is 13.0. The van der Waals surface area contributed by atoms with Gasteiger partial charge in [-0.15, -0.1) is 24.0 Å². The Morgan fingerprint density at radius 3 is 1.71 bits per heavy atom. The predicted molar refractivity (Wildman–Crippen MR) is 80.0 cm³/mol.